The minimum atomic E-state index is -0.646. The number of urea groups is 1. The van der Waals surface area contributed by atoms with Crippen LogP contribution in [0.25, 0.3) is 0 Å². The second kappa shape index (κ2) is 7.66. The summed E-state index contributed by atoms with van der Waals surface area (Å²) in [6.07, 6.45) is 3.38. The van der Waals surface area contributed by atoms with Crippen molar-refractivity contribution in [3.63, 3.8) is 0 Å². The van der Waals surface area contributed by atoms with Crippen molar-refractivity contribution < 1.29 is 19.2 Å². The number of anilines is 1. The number of hydrogen-bond donors (Lipinski definition) is 3. The summed E-state index contributed by atoms with van der Waals surface area (Å²) in [5.74, 6) is -0.627. The Balaban J connectivity index is 1.39. The molecule has 1 fully saturated rings. The van der Waals surface area contributed by atoms with Gasteiger partial charge in [-0.15, -0.1) is 0 Å². The van der Waals surface area contributed by atoms with Crippen molar-refractivity contribution in [2.24, 2.45) is 0 Å². The lowest BCUT2D eigenvalue weighted by Gasteiger charge is -2.29. The summed E-state index contributed by atoms with van der Waals surface area (Å²) in [6.45, 7) is 0.540. The van der Waals surface area contributed by atoms with Crippen LogP contribution in [0.2, 0.25) is 0 Å². The van der Waals surface area contributed by atoms with Crippen LogP contribution in [0.4, 0.5) is 10.6 Å². The lowest BCUT2D eigenvalue weighted by molar-refractivity contribution is -0.136. The Labute approximate surface area is 165 Å². The van der Waals surface area contributed by atoms with Crippen molar-refractivity contribution in [3.8, 4) is 0 Å². The maximum absolute atomic E-state index is 12.8. The van der Waals surface area contributed by atoms with Gasteiger partial charge in [0.25, 0.3) is 5.91 Å². The number of benzene rings is 1. The monoisotopic (exact) mass is 394 g/mol. The fourth-order valence-corrected chi connectivity index (χ4v) is 3.42. The zero-order chi connectivity index (χ0) is 20.4. The molecule has 10 heteroatoms. The summed E-state index contributed by atoms with van der Waals surface area (Å²) in [7, 11) is 0. The third kappa shape index (κ3) is 3.91. The molecule has 0 bridgehead atoms. The maximum Gasteiger partial charge on any atom is 0.320 e. The van der Waals surface area contributed by atoms with Crippen LogP contribution in [0, 0.1) is 0 Å². The van der Waals surface area contributed by atoms with Crippen molar-refractivity contribution in [2.45, 2.75) is 32.0 Å². The van der Waals surface area contributed by atoms with Crippen LogP contribution in [0.5, 0.6) is 0 Å². The highest BCUT2D eigenvalue weighted by Gasteiger charge is 2.39. The first-order chi connectivity index (χ1) is 14.0. The van der Waals surface area contributed by atoms with Crippen LogP contribution >= 0.6 is 0 Å². The Morgan fingerprint density at radius 2 is 2.10 bits per heavy atom. The third-order valence-electron chi connectivity index (χ3n) is 4.87. The van der Waals surface area contributed by atoms with E-state index in [-0.39, 0.29) is 24.8 Å². The molecular formula is C19H18N6O4. The first-order valence-corrected chi connectivity index (χ1v) is 9.08. The van der Waals surface area contributed by atoms with Crippen molar-refractivity contribution in [1.29, 1.82) is 0 Å². The molecule has 1 aromatic heterocycles. The molecule has 1 unspecified atom stereocenters. The normalized spacial score (nSPS) is 18.3. The van der Waals surface area contributed by atoms with Crippen LogP contribution in [0.1, 0.15) is 34.3 Å². The molecule has 5 amide bonds. The van der Waals surface area contributed by atoms with E-state index in [1.807, 2.05) is 12.1 Å². The number of fused-ring (bicyclic) bond motifs is 1. The number of carbonyl (C=O) groups excluding carboxylic acids is 4. The van der Waals surface area contributed by atoms with E-state index >= 15 is 0 Å². The number of hydrogen-bond acceptors (Lipinski definition) is 6. The molecule has 148 valence electrons. The predicted molar refractivity (Wildman–Crippen MR) is 100 cm³/mol. The zero-order valence-corrected chi connectivity index (χ0v) is 15.3. The Hall–Kier alpha value is -3.82. The number of imide groups is 1. The Kier molecular flexibility index (Phi) is 4.90. The quantitative estimate of drug-likeness (QED) is 0.649. The van der Waals surface area contributed by atoms with Gasteiger partial charge in [-0.25, -0.2) is 14.8 Å². The number of carbonyl (C=O) groups is 4. The highest BCUT2D eigenvalue weighted by Crippen LogP contribution is 2.28. The lowest BCUT2D eigenvalue weighted by atomic mass is 10.0. The average molecular weight is 394 g/mol. The summed E-state index contributed by atoms with van der Waals surface area (Å²) in [5, 5.41) is 7.57. The Morgan fingerprint density at radius 3 is 2.86 bits per heavy atom. The number of piperidine rings is 1. The highest BCUT2D eigenvalue weighted by molar-refractivity contribution is 6.05. The van der Waals surface area contributed by atoms with Crippen LogP contribution in [-0.2, 0) is 22.7 Å². The summed E-state index contributed by atoms with van der Waals surface area (Å²) in [5.41, 5.74) is 2.07. The number of aromatic nitrogens is 2. The Bertz CT molecular complexity index is 993. The van der Waals surface area contributed by atoms with Gasteiger partial charge < -0.3 is 10.2 Å². The van der Waals surface area contributed by atoms with E-state index in [0.717, 1.165) is 11.1 Å². The highest BCUT2D eigenvalue weighted by atomic mass is 16.2. The van der Waals surface area contributed by atoms with Gasteiger partial charge in [0.2, 0.25) is 11.8 Å². The molecule has 0 radical (unpaired) electrons. The number of nitrogens with zero attached hydrogens (tertiary/aromatic N) is 3. The predicted octanol–water partition coefficient (Wildman–Crippen LogP) is 0.559. The fraction of sp³-hybridized carbons (Fsp3) is 0.263. The standard InChI is InChI=1S/C19H18N6O4/c26-16-4-3-14(17(27)24-16)25-9-12-2-1-11(7-13(12)18(25)28)8-21-19(29)23-15-5-6-20-10-22-15/h1-2,5-7,10,14H,3-4,8-9H2,(H,24,26,27)(H2,20,21,22,23,29). The van der Waals surface area contributed by atoms with E-state index in [0.29, 0.717) is 24.3 Å². The first-order valence-electron chi connectivity index (χ1n) is 9.08. The minimum Gasteiger partial charge on any atom is -0.334 e. The van der Waals surface area contributed by atoms with Crippen molar-refractivity contribution in [2.75, 3.05) is 5.32 Å². The molecule has 0 aliphatic carbocycles. The van der Waals surface area contributed by atoms with Crippen LogP contribution in [0.15, 0.2) is 36.8 Å². The van der Waals surface area contributed by atoms with E-state index in [1.165, 1.54) is 17.4 Å². The summed E-state index contributed by atoms with van der Waals surface area (Å²) in [4.78, 5) is 57.4. The average Bonchev–Trinajstić information content (AvgIpc) is 3.03. The minimum absolute atomic E-state index is 0.215. The fourth-order valence-electron chi connectivity index (χ4n) is 3.42. The number of rotatable bonds is 4. The number of amides is 5. The first kappa shape index (κ1) is 18.5. The third-order valence-corrected chi connectivity index (χ3v) is 4.87. The molecule has 1 saturated heterocycles. The summed E-state index contributed by atoms with van der Waals surface area (Å²) in [6, 6.07) is 5.85. The van der Waals surface area contributed by atoms with Gasteiger partial charge in [-0.1, -0.05) is 12.1 Å². The van der Waals surface area contributed by atoms with Gasteiger partial charge in [-0.2, -0.15) is 0 Å². The molecule has 3 heterocycles. The lowest BCUT2D eigenvalue weighted by Crippen LogP contribution is -2.52. The van der Waals surface area contributed by atoms with E-state index in [2.05, 4.69) is 25.9 Å². The summed E-state index contributed by atoms with van der Waals surface area (Å²) >= 11 is 0. The maximum atomic E-state index is 12.8. The van der Waals surface area contributed by atoms with Crippen LogP contribution in [-0.4, -0.2) is 44.7 Å². The van der Waals surface area contributed by atoms with E-state index in [4.69, 9.17) is 0 Å². The van der Waals surface area contributed by atoms with Gasteiger partial charge in [0.05, 0.1) is 0 Å². The largest absolute Gasteiger partial charge is 0.334 e. The second-order valence-electron chi connectivity index (χ2n) is 6.79. The van der Waals surface area contributed by atoms with Gasteiger partial charge >= 0.3 is 6.03 Å². The number of nitrogens with one attached hydrogen (secondary N) is 3. The molecule has 1 aromatic carbocycles. The van der Waals surface area contributed by atoms with Gasteiger partial charge in [0, 0.05) is 31.3 Å². The molecule has 0 saturated carbocycles. The van der Waals surface area contributed by atoms with Crippen LogP contribution in [0.3, 0.4) is 0 Å². The van der Waals surface area contributed by atoms with Gasteiger partial charge in [-0.3, -0.25) is 25.0 Å². The van der Waals surface area contributed by atoms with Crippen molar-refractivity contribution in [1.82, 2.24) is 25.5 Å². The molecular weight excluding hydrogens is 376 g/mol. The smallest absolute Gasteiger partial charge is 0.320 e. The van der Waals surface area contributed by atoms with Crippen molar-refractivity contribution in [3.05, 3.63) is 53.5 Å². The van der Waals surface area contributed by atoms with E-state index in [9.17, 15) is 19.2 Å². The molecule has 2 aliphatic heterocycles. The molecule has 10 nitrogen and oxygen atoms in total. The second-order valence-corrected chi connectivity index (χ2v) is 6.79. The topological polar surface area (TPSA) is 133 Å². The molecule has 2 aromatic rings. The molecule has 29 heavy (non-hydrogen) atoms. The molecule has 4 rings (SSSR count). The van der Waals surface area contributed by atoms with Gasteiger partial charge in [0.15, 0.2) is 0 Å². The van der Waals surface area contributed by atoms with Crippen LogP contribution < -0.4 is 16.0 Å². The SMILES string of the molecule is O=C1CCC(N2Cc3ccc(CNC(=O)Nc4ccncn4)cc3C2=O)C(=O)N1. The molecule has 1 atom stereocenters. The van der Waals surface area contributed by atoms with E-state index < -0.39 is 18.0 Å². The Morgan fingerprint density at radius 1 is 1.24 bits per heavy atom. The van der Waals surface area contributed by atoms with Gasteiger partial charge in [0.1, 0.15) is 18.2 Å². The molecule has 2 aliphatic rings. The van der Waals surface area contributed by atoms with E-state index in [1.54, 1.807) is 12.1 Å². The molecule has 0 spiro atoms. The summed E-state index contributed by atoms with van der Waals surface area (Å²) < 4.78 is 0. The zero-order valence-electron chi connectivity index (χ0n) is 15.3. The molecule has 3 N–H and O–H groups in total. The van der Waals surface area contributed by atoms with Crippen molar-refractivity contribution >= 4 is 29.6 Å². The van der Waals surface area contributed by atoms with Gasteiger partial charge in [-0.05, 0) is 29.7 Å².